The molecule has 0 spiro atoms. The lowest BCUT2D eigenvalue weighted by atomic mass is 10.2. The lowest BCUT2D eigenvalue weighted by Gasteiger charge is -2.27. The number of hydrogen-bond donors (Lipinski definition) is 0. The zero-order valence-corrected chi connectivity index (χ0v) is 14.0. The summed E-state index contributed by atoms with van der Waals surface area (Å²) in [5.41, 5.74) is 2.45. The van der Waals surface area contributed by atoms with Gasteiger partial charge in [0, 0.05) is 18.4 Å². The number of ether oxygens (including phenoxy) is 4. The first-order valence-corrected chi connectivity index (χ1v) is 8.76. The fraction of sp³-hybridized carbons (Fsp3) is 0.556. The van der Waals surface area contributed by atoms with Crippen LogP contribution in [0.3, 0.4) is 0 Å². The van der Waals surface area contributed by atoms with Crippen LogP contribution >= 0.6 is 11.6 Å². The van der Waals surface area contributed by atoms with Gasteiger partial charge in [-0.1, -0.05) is 17.7 Å². The van der Waals surface area contributed by atoms with E-state index >= 15 is 0 Å². The van der Waals surface area contributed by atoms with Gasteiger partial charge in [-0.3, -0.25) is 0 Å². The minimum Gasteiger partial charge on any atom is -0.461 e. The highest BCUT2D eigenvalue weighted by Gasteiger charge is 2.21. The van der Waals surface area contributed by atoms with E-state index in [0.717, 1.165) is 57.3 Å². The van der Waals surface area contributed by atoms with Gasteiger partial charge in [0.1, 0.15) is 0 Å². The largest absolute Gasteiger partial charge is 0.461 e. The average Bonchev–Trinajstić information content (AvgIpc) is 2.59. The van der Waals surface area contributed by atoms with Crippen LogP contribution < -0.4 is 9.47 Å². The van der Waals surface area contributed by atoms with Crippen LogP contribution in [0.25, 0.3) is 6.08 Å². The SMILES string of the molecule is Cl/C=C/c1ccc(OC2CCCCO2)c(OC2CCCCO2)c1. The first kappa shape index (κ1) is 16.6. The molecular formula is C18H23ClO4. The molecule has 2 heterocycles. The maximum Gasteiger partial charge on any atom is 0.200 e. The Morgan fingerprint density at radius 3 is 2.13 bits per heavy atom. The van der Waals surface area contributed by atoms with E-state index in [9.17, 15) is 0 Å². The molecular weight excluding hydrogens is 316 g/mol. The highest BCUT2D eigenvalue weighted by Crippen LogP contribution is 2.33. The zero-order chi connectivity index (χ0) is 15.9. The monoisotopic (exact) mass is 338 g/mol. The van der Waals surface area contributed by atoms with Crippen LogP contribution in [0.4, 0.5) is 0 Å². The predicted octanol–water partition coefficient (Wildman–Crippen LogP) is 4.71. The van der Waals surface area contributed by atoms with Crippen LogP contribution in [-0.4, -0.2) is 25.8 Å². The molecule has 5 heteroatoms. The maximum atomic E-state index is 6.04. The van der Waals surface area contributed by atoms with E-state index in [0.29, 0.717) is 11.5 Å². The second kappa shape index (κ2) is 8.57. The van der Waals surface area contributed by atoms with E-state index in [1.807, 2.05) is 24.3 Å². The maximum absolute atomic E-state index is 6.04. The minimum absolute atomic E-state index is 0.201. The van der Waals surface area contributed by atoms with Crippen LogP contribution in [0, 0.1) is 0 Å². The Morgan fingerprint density at radius 1 is 0.913 bits per heavy atom. The molecule has 23 heavy (non-hydrogen) atoms. The summed E-state index contributed by atoms with van der Waals surface area (Å²) in [7, 11) is 0. The molecule has 2 atom stereocenters. The van der Waals surface area contributed by atoms with E-state index in [-0.39, 0.29) is 12.6 Å². The van der Waals surface area contributed by atoms with E-state index in [1.54, 1.807) is 0 Å². The molecule has 2 saturated heterocycles. The Bertz CT molecular complexity index is 520. The van der Waals surface area contributed by atoms with Gasteiger partial charge in [-0.05, 0) is 49.5 Å². The lowest BCUT2D eigenvalue weighted by molar-refractivity contribution is -0.119. The van der Waals surface area contributed by atoms with Gasteiger partial charge < -0.3 is 18.9 Å². The van der Waals surface area contributed by atoms with Crippen LogP contribution in [0.5, 0.6) is 11.5 Å². The Kier molecular flexibility index (Phi) is 6.20. The van der Waals surface area contributed by atoms with Crippen molar-refractivity contribution in [1.82, 2.24) is 0 Å². The van der Waals surface area contributed by atoms with Gasteiger partial charge in [0.15, 0.2) is 24.1 Å². The second-order valence-electron chi connectivity index (χ2n) is 5.83. The molecule has 0 aliphatic carbocycles. The molecule has 4 nitrogen and oxygen atoms in total. The summed E-state index contributed by atoms with van der Waals surface area (Å²) in [5.74, 6) is 1.37. The molecule has 0 radical (unpaired) electrons. The fourth-order valence-electron chi connectivity index (χ4n) is 2.78. The fourth-order valence-corrected chi connectivity index (χ4v) is 2.93. The summed E-state index contributed by atoms with van der Waals surface area (Å²) in [6.45, 7) is 1.49. The third-order valence-corrected chi connectivity index (χ3v) is 4.14. The first-order valence-electron chi connectivity index (χ1n) is 8.32. The molecule has 0 aromatic heterocycles. The summed E-state index contributed by atoms with van der Waals surface area (Å²) in [5, 5.41) is 0. The summed E-state index contributed by atoms with van der Waals surface area (Å²) in [6.07, 6.45) is 7.64. The van der Waals surface area contributed by atoms with Crippen molar-refractivity contribution in [3.63, 3.8) is 0 Å². The average molecular weight is 339 g/mol. The molecule has 3 rings (SSSR count). The third-order valence-electron chi connectivity index (χ3n) is 4.02. The van der Waals surface area contributed by atoms with Crippen LogP contribution in [-0.2, 0) is 9.47 Å². The van der Waals surface area contributed by atoms with Crippen molar-refractivity contribution in [2.45, 2.75) is 51.1 Å². The van der Waals surface area contributed by atoms with Gasteiger partial charge in [-0.25, -0.2) is 0 Å². The number of benzene rings is 1. The van der Waals surface area contributed by atoms with Crippen molar-refractivity contribution < 1.29 is 18.9 Å². The molecule has 2 unspecified atom stereocenters. The highest BCUT2D eigenvalue weighted by molar-refractivity contribution is 6.27. The first-order chi connectivity index (χ1) is 11.3. The van der Waals surface area contributed by atoms with E-state index < -0.39 is 0 Å². The Morgan fingerprint density at radius 2 is 1.57 bits per heavy atom. The van der Waals surface area contributed by atoms with Crippen LogP contribution in [0.1, 0.15) is 44.1 Å². The summed E-state index contributed by atoms with van der Waals surface area (Å²) in [6, 6.07) is 5.78. The lowest BCUT2D eigenvalue weighted by Crippen LogP contribution is -2.27. The number of halogens is 1. The van der Waals surface area contributed by atoms with Gasteiger partial charge in [0.05, 0.1) is 13.2 Å². The summed E-state index contributed by atoms with van der Waals surface area (Å²) in [4.78, 5) is 0. The topological polar surface area (TPSA) is 36.9 Å². The summed E-state index contributed by atoms with van der Waals surface area (Å²) < 4.78 is 23.4. The standard InChI is InChI=1S/C18H23ClO4/c19-10-9-14-7-8-15(22-17-5-1-3-11-20-17)16(13-14)23-18-6-2-4-12-21-18/h7-10,13,17-18H,1-6,11-12H2/b10-9+. The van der Waals surface area contributed by atoms with E-state index in [1.165, 1.54) is 5.54 Å². The van der Waals surface area contributed by atoms with Crippen molar-refractivity contribution >= 4 is 17.7 Å². The van der Waals surface area contributed by atoms with Gasteiger partial charge >= 0.3 is 0 Å². The van der Waals surface area contributed by atoms with E-state index in [4.69, 9.17) is 30.5 Å². The summed E-state index contributed by atoms with van der Waals surface area (Å²) >= 11 is 5.68. The van der Waals surface area contributed by atoms with Crippen molar-refractivity contribution in [3.8, 4) is 11.5 Å². The van der Waals surface area contributed by atoms with Gasteiger partial charge in [-0.2, -0.15) is 0 Å². The molecule has 2 aliphatic heterocycles. The van der Waals surface area contributed by atoms with Crippen LogP contribution in [0.15, 0.2) is 23.7 Å². The normalized spacial score (nSPS) is 25.4. The zero-order valence-electron chi connectivity index (χ0n) is 13.2. The quantitative estimate of drug-likeness (QED) is 0.779. The molecule has 2 aliphatic rings. The number of rotatable bonds is 5. The van der Waals surface area contributed by atoms with Crippen molar-refractivity contribution in [2.75, 3.05) is 13.2 Å². The Hall–Kier alpha value is -1.23. The Balaban J connectivity index is 1.75. The molecule has 0 amide bonds. The van der Waals surface area contributed by atoms with Crippen molar-refractivity contribution in [3.05, 3.63) is 29.3 Å². The number of hydrogen-bond acceptors (Lipinski definition) is 4. The van der Waals surface area contributed by atoms with Gasteiger partial charge in [0.2, 0.25) is 0 Å². The Labute approximate surface area is 142 Å². The van der Waals surface area contributed by atoms with Crippen LogP contribution in [0.2, 0.25) is 0 Å². The molecule has 0 N–H and O–H groups in total. The third kappa shape index (κ3) is 4.87. The molecule has 0 bridgehead atoms. The molecule has 0 saturated carbocycles. The van der Waals surface area contributed by atoms with E-state index in [2.05, 4.69) is 0 Å². The van der Waals surface area contributed by atoms with Gasteiger partial charge in [-0.15, -0.1) is 0 Å². The smallest absolute Gasteiger partial charge is 0.200 e. The molecule has 2 fully saturated rings. The van der Waals surface area contributed by atoms with Gasteiger partial charge in [0.25, 0.3) is 0 Å². The second-order valence-corrected chi connectivity index (χ2v) is 6.08. The minimum atomic E-state index is -0.214. The van der Waals surface area contributed by atoms with Crippen molar-refractivity contribution in [1.29, 1.82) is 0 Å². The molecule has 1 aromatic rings. The predicted molar refractivity (Wildman–Crippen MR) is 89.8 cm³/mol. The molecule has 1 aromatic carbocycles. The van der Waals surface area contributed by atoms with Crippen molar-refractivity contribution in [2.24, 2.45) is 0 Å². The molecule has 126 valence electrons. The highest BCUT2D eigenvalue weighted by atomic mass is 35.5.